The lowest BCUT2D eigenvalue weighted by molar-refractivity contribution is -0.119. The number of piperazine rings is 1. The summed E-state index contributed by atoms with van der Waals surface area (Å²) in [7, 11) is 0. The third-order valence-corrected chi connectivity index (χ3v) is 5.83. The van der Waals surface area contributed by atoms with Crippen molar-refractivity contribution in [1.29, 1.82) is 0 Å². The van der Waals surface area contributed by atoms with Gasteiger partial charge in [-0.05, 0) is 56.9 Å². The summed E-state index contributed by atoms with van der Waals surface area (Å²) in [4.78, 5) is 29.1. The molecule has 0 aromatic heterocycles. The van der Waals surface area contributed by atoms with Gasteiger partial charge in [0.2, 0.25) is 5.91 Å². The number of hydrogen-bond acceptors (Lipinski definition) is 5. The fraction of sp³-hybridized carbons (Fsp3) is 0.481. The van der Waals surface area contributed by atoms with Crippen LogP contribution in [0.1, 0.15) is 45.2 Å². The van der Waals surface area contributed by atoms with Crippen molar-refractivity contribution in [2.45, 2.75) is 64.8 Å². The minimum atomic E-state index is -0.626. The Balaban J connectivity index is 1.81. The Kier molecular flexibility index (Phi) is 8.72. The summed E-state index contributed by atoms with van der Waals surface area (Å²) >= 11 is 0. The van der Waals surface area contributed by atoms with Crippen LogP contribution >= 0.6 is 0 Å². The van der Waals surface area contributed by atoms with Crippen LogP contribution in [0.15, 0.2) is 48.5 Å². The summed E-state index contributed by atoms with van der Waals surface area (Å²) in [6.07, 6.45) is 0.399. The van der Waals surface area contributed by atoms with Crippen molar-refractivity contribution >= 4 is 12.0 Å². The lowest BCUT2D eigenvalue weighted by Gasteiger charge is -2.43. The fourth-order valence-electron chi connectivity index (χ4n) is 4.51. The van der Waals surface area contributed by atoms with Gasteiger partial charge in [0.1, 0.15) is 17.2 Å². The second-order valence-corrected chi connectivity index (χ2v) is 10.2. The number of carbonyl (C=O) groups excluding carboxylic acids is 2. The molecule has 1 heterocycles. The highest BCUT2D eigenvalue weighted by atomic mass is 19.1. The van der Waals surface area contributed by atoms with Crippen LogP contribution in [0.25, 0.3) is 0 Å². The first-order valence-corrected chi connectivity index (χ1v) is 12.0. The quantitative estimate of drug-likeness (QED) is 0.617. The van der Waals surface area contributed by atoms with Crippen LogP contribution in [0.3, 0.4) is 0 Å². The fourth-order valence-corrected chi connectivity index (χ4v) is 4.51. The molecule has 2 aromatic rings. The van der Waals surface area contributed by atoms with Crippen LogP contribution in [-0.4, -0.2) is 64.2 Å². The first kappa shape index (κ1) is 26.5. The summed E-state index contributed by atoms with van der Waals surface area (Å²) in [6.45, 7) is 9.50. The maximum atomic E-state index is 13.9. The predicted molar refractivity (Wildman–Crippen MR) is 132 cm³/mol. The highest BCUT2D eigenvalue weighted by molar-refractivity contribution is 5.73. The van der Waals surface area contributed by atoms with Crippen molar-refractivity contribution in [2.75, 3.05) is 19.6 Å². The largest absolute Gasteiger partial charge is 0.508 e. The Morgan fingerprint density at radius 1 is 1.14 bits per heavy atom. The van der Waals surface area contributed by atoms with E-state index in [2.05, 4.69) is 22.3 Å². The van der Waals surface area contributed by atoms with Gasteiger partial charge in [0.05, 0.1) is 0 Å². The Bertz CT molecular complexity index is 989. The number of ether oxygens (including phenoxy) is 1. The predicted octanol–water partition coefficient (Wildman–Crippen LogP) is 4.09. The molecule has 7 nitrogen and oxygen atoms in total. The molecule has 2 amide bonds. The van der Waals surface area contributed by atoms with Crippen molar-refractivity contribution in [2.24, 2.45) is 0 Å². The molecular formula is C27H36FN3O4. The SMILES string of the molecule is CC(=O)N[C@@H](Cc1cc(O)cc(F)c1)C[C@H]1CN(Cc2ccccc2)CCN1C(=O)OC(C)(C)C. The highest BCUT2D eigenvalue weighted by Gasteiger charge is 2.35. The van der Waals surface area contributed by atoms with Gasteiger partial charge in [-0.15, -0.1) is 0 Å². The standard InChI is InChI=1S/C27H36FN3O4/c1-19(32)29-23(13-21-12-22(28)15-25(33)14-21)16-24-18-30(17-20-8-6-5-7-9-20)10-11-31(24)26(34)35-27(2,3)4/h5-9,12,14-15,23-24,33H,10-11,13,16-18H2,1-4H3,(H,29,32)/t23-,24-/m0/s1. The number of amides is 2. The van der Waals surface area contributed by atoms with Crippen molar-refractivity contribution in [1.82, 2.24) is 15.1 Å². The second-order valence-electron chi connectivity index (χ2n) is 10.2. The molecule has 3 rings (SSSR count). The number of phenols is 1. The van der Waals surface area contributed by atoms with Crippen LogP contribution < -0.4 is 5.32 Å². The maximum absolute atomic E-state index is 13.9. The van der Waals surface area contributed by atoms with E-state index in [0.29, 0.717) is 38.0 Å². The molecule has 0 bridgehead atoms. The zero-order valence-corrected chi connectivity index (χ0v) is 21.0. The number of benzene rings is 2. The van der Waals surface area contributed by atoms with E-state index in [1.54, 1.807) is 4.90 Å². The van der Waals surface area contributed by atoms with Crippen molar-refractivity contribution in [3.63, 3.8) is 0 Å². The molecule has 8 heteroatoms. The number of halogens is 1. The molecule has 190 valence electrons. The number of hydrogen-bond donors (Lipinski definition) is 2. The molecule has 35 heavy (non-hydrogen) atoms. The van der Waals surface area contributed by atoms with E-state index in [4.69, 9.17) is 4.74 Å². The lowest BCUT2D eigenvalue weighted by atomic mass is 9.96. The van der Waals surface area contributed by atoms with Gasteiger partial charge in [-0.1, -0.05) is 30.3 Å². The van der Waals surface area contributed by atoms with Crippen LogP contribution in [0.5, 0.6) is 5.75 Å². The first-order chi connectivity index (χ1) is 16.5. The highest BCUT2D eigenvalue weighted by Crippen LogP contribution is 2.23. The molecule has 1 fully saturated rings. The minimum Gasteiger partial charge on any atom is -0.508 e. The maximum Gasteiger partial charge on any atom is 0.410 e. The lowest BCUT2D eigenvalue weighted by Crippen LogP contribution is -2.57. The van der Waals surface area contributed by atoms with Crippen LogP contribution in [0.4, 0.5) is 9.18 Å². The number of nitrogens with one attached hydrogen (secondary N) is 1. The monoisotopic (exact) mass is 485 g/mol. The van der Waals surface area contributed by atoms with E-state index in [-0.39, 0.29) is 29.8 Å². The van der Waals surface area contributed by atoms with E-state index in [0.717, 1.165) is 12.6 Å². The zero-order valence-electron chi connectivity index (χ0n) is 21.0. The molecule has 0 aliphatic carbocycles. The molecule has 2 atom stereocenters. The molecular weight excluding hydrogens is 449 g/mol. The minimum absolute atomic E-state index is 0.163. The molecule has 0 radical (unpaired) electrons. The number of nitrogens with zero attached hydrogens (tertiary/aromatic N) is 2. The van der Waals surface area contributed by atoms with Gasteiger partial charge in [0, 0.05) is 51.3 Å². The summed E-state index contributed by atoms with van der Waals surface area (Å²) in [5.74, 6) is -0.913. The molecule has 1 aliphatic rings. The third kappa shape index (κ3) is 8.55. The van der Waals surface area contributed by atoms with Crippen LogP contribution in [0.2, 0.25) is 0 Å². The Morgan fingerprint density at radius 2 is 1.86 bits per heavy atom. The topological polar surface area (TPSA) is 82.1 Å². The average molecular weight is 486 g/mol. The Labute approximate surface area is 206 Å². The second kappa shape index (κ2) is 11.5. The van der Waals surface area contributed by atoms with E-state index in [1.807, 2.05) is 39.0 Å². The number of phenolic OH excluding ortho intramolecular Hbond substituents is 1. The van der Waals surface area contributed by atoms with Gasteiger partial charge in [0.25, 0.3) is 0 Å². The molecule has 0 spiro atoms. The van der Waals surface area contributed by atoms with Gasteiger partial charge in [-0.3, -0.25) is 9.69 Å². The van der Waals surface area contributed by atoms with Gasteiger partial charge >= 0.3 is 6.09 Å². The van der Waals surface area contributed by atoms with Crippen molar-refractivity contribution in [3.05, 3.63) is 65.5 Å². The van der Waals surface area contributed by atoms with E-state index in [9.17, 15) is 19.1 Å². The summed E-state index contributed by atoms with van der Waals surface area (Å²) < 4.78 is 19.5. The van der Waals surface area contributed by atoms with Crippen molar-refractivity contribution < 1.29 is 23.8 Å². The molecule has 2 N–H and O–H groups in total. The normalized spacial score (nSPS) is 17.6. The first-order valence-electron chi connectivity index (χ1n) is 12.0. The molecule has 1 saturated heterocycles. The van der Waals surface area contributed by atoms with Crippen LogP contribution in [0, 0.1) is 5.82 Å². The molecule has 2 aromatic carbocycles. The Hall–Kier alpha value is -3.13. The van der Waals surface area contributed by atoms with E-state index >= 15 is 0 Å². The molecule has 1 aliphatic heterocycles. The Morgan fingerprint density at radius 3 is 2.49 bits per heavy atom. The average Bonchev–Trinajstić information content (AvgIpc) is 2.72. The van der Waals surface area contributed by atoms with E-state index in [1.165, 1.54) is 24.6 Å². The third-order valence-electron chi connectivity index (χ3n) is 5.83. The summed E-state index contributed by atoms with van der Waals surface area (Å²) in [5, 5.41) is 12.8. The zero-order chi connectivity index (χ0) is 25.6. The van der Waals surface area contributed by atoms with Gasteiger partial charge in [0.15, 0.2) is 0 Å². The van der Waals surface area contributed by atoms with Crippen LogP contribution in [-0.2, 0) is 22.5 Å². The summed E-state index contributed by atoms with van der Waals surface area (Å²) in [6, 6.07) is 13.4. The molecule has 0 saturated carbocycles. The number of aromatic hydroxyl groups is 1. The number of rotatable bonds is 7. The van der Waals surface area contributed by atoms with Crippen molar-refractivity contribution in [3.8, 4) is 5.75 Å². The van der Waals surface area contributed by atoms with Gasteiger partial charge < -0.3 is 20.1 Å². The van der Waals surface area contributed by atoms with Gasteiger partial charge in [-0.25, -0.2) is 9.18 Å². The smallest absolute Gasteiger partial charge is 0.410 e. The van der Waals surface area contributed by atoms with Gasteiger partial charge in [-0.2, -0.15) is 0 Å². The van der Waals surface area contributed by atoms with E-state index < -0.39 is 11.4 Å². The summed E-state index contributed by atoms with van der Waals surface area (Å²) in [5.41, 5.74) is 1.13. The number of carbonyl (C=O) groups is 2. The molecule has 0 unspecified atom stereocenters.